The first kappa shape index (κ1) is 13.0. The summed E-state index contributed by atoms with van der Waals surface area (Å²) < 4.78 is 26.1. The van der Waals surface area contributed by atoms with Gasteiger partial charge in [0.1, 0.15) is 11.6 Å². The molecule has 0 aliphatic heterocycles. The lowest BCUT2D eigenvalue weighted by molar-refractivity contribution is 0.0892. The molecular weight excluding hydrogens is 252 g/mol. The van der Waals surface area contributed by atoms with E-state index in [9.17, 15) is 18.4 Å². The zero-order valence-electron chi connectivity index (χ0n) is 9.77. The van der Waals surface area contributed by atoms with E-state index in [1.54, 1.807) is 6.07 Å². The van der Waals surface area contributed by atoms with E-state index in [-0.39, 0.29) is 11.1 Å². The lowest BCUT2D eigenvalue weighted by Gasteiger charge is -2.02. The third-order valence-electron chi connectivity index (χ3n) is 2.54. The Morgan fingerprint density at radius 3 is 2.53 bits per heavy atom. The second kappa shape index (κ2) is 5.48. The van der Waals surface area contributed by atoms with Gasteiger partial charge < -0.3 is 0 Å². The van der Waals surface area contributed by atoms with Crippen molar-refractivity contribution in [1.29, 1.82) is 0 Å². The Bertz CT molecular complexity index is 627. The largest absolute Gasteiger partial charge is 0.294 e. The lowest BCUT2D eigenvalue weighted by Crippen LogP contribution is -2.10. The fraction of sp³-hybridized carbons (Fsp3) is 0.0714. The number of benzene rings is 1. The molecule has 0 saturated carbocycles. The normalized spacial score (nSPS) is 10.2. The summed E-state index contributed by atoms with van der Waals surface area (Å²) in [6.07, 6.45) is 2.35. The van der Waals surface area contributed by atoms with Gasteiger partial charge in [0.15, 0.2) is 11.6 Å². The number of hydrogen-bond acceptors (Lipinski definition) is 3. The van der Waals surface area contributed by atoms with Gasteiger partial charge in [-0.1, -0.05) is 0 Å². The van der Waals surface area contributed by atoms with Crippen molar-refractivity contribution in [3.63, 3.8) is 0 Å². The Labute approximate surface area is 107 Å². The molecule has 0 radical (unpaired) electrons. The van der Waals surface area contributed by atoms with Crippen LogP contribution in [-0.4, -0.2) is 16.6 Å². The van der Waals surface area contributed by atoms with E-state index in [1.807, 2.05) is 0 Å². The summed E-state index contributed by atoms with van der Waals surface area (Å²) in [5.74, 6) is -2.88. The molecule has 2 rings (SSSR count). The summed E-state index contributed by atoms with van der Waals surface area (Å²) in [7, 11) is 0. The average molecular weight is 261 g/mol. The molecule has 3 nitrogen and oxygen atoms in total. The topological polar surface area (TPSA) is 47.0 Å². The van der Waals surface area contributed by atoms with Crippen LogP contribution in [0.25, 0.3) is 0 Å². The van der Waals surface area contributed by atoms with Crippen LogP contribution in [0.15, 0.2) is 42.7 Å². The van der Waals surface area contributed by atoms with Gasteiger partial charge in [0, 0.05) is 24.0 Å². The van der Waals surface area contributed by atoms with Crippen molar-refractivity contribution >= 4 is 11.6 Å². The van der Waals surface area contributed by atoms with E-state index >= 15 is 0 Å². The number of pyridine rings is 1. The summed E-state index contributed by atoms with van der Waals surface area (Å²) in [6.45, 7) is 0. The molecule has 0 spiro atoms. The van der Waals surface area contributed by atoms with E-state index in [0.29, 0.717) is 6.07 Å². The van der Waals surface area contributed by atoms with E-state index in [2.05, 4.69) is 4.98 Å². The first-order valence-electron chi connectivity index (χ1n) is 5.49. The Hall–Kier alpha value is -2.43. The van der Waals surface area contributed by atoms with Crippen LogP contribution < -0.4 is 0 Å². The van der Waals surface area contributed by atoms with Crippen molar-refractivity contribution in [2.24, 2.45) is 0 Å². The highest BCUT2D eigenvalue weighted by Gasteiger charge is 2.17. The van der Waals surface area contributed by atoms with Crippen LogP contribution in [0.5, 0.6) is 0 Å². The second-order valence-electron chi connectivity index (χ2n) is 3.89. The molecule has 0 atom stereocenters. The predicted molar refractivity (Wildman–Crippen MR) is 63.9 cm³/mol. The fourth-order valence-electron chi connectivity index (χ4n) is 1.59. The van der Waals surface area contributed by atoms with Gasteiger partial charge in [-0.25, -0.2) is 8.78 Å². The standard InChI is InChI=1S/C14H9F2NO2/c15-10-3-4-11(12(16)6-10)14(19)7-13(18)9-2-1-5-17-8-9/h1-6,8H,7H2. The second-order valence-corrected chi connectivity index (χ2v) is 3.89. The smallest absolute Gasteiger partial charge is 0.173 e. The lowest BCUT2D eigenvalue weighted by atomic mass is 10.0. The molecule has 0 aliphatic rings. The minimum atomic E-state index is -0.969. The molecule has 0 N–H and O–H groups in total. The summed E-state index contributed by atoms with van der Waals surface area (Å²) in [6, 6.07) is 5.70. The van der Waals surface area contributed by atoms with Crippen molar-refractivity contribution in [2.75, 3.05) is 0 Å². The van der Waals surface area contributed by atoms with Gasteiger partial charge in [0.05, 0.1) is 12.0 Å². The van der Waals surface area contributed by atoms with Gasteiger partial charge in [-0.2, -0.15) is 0 Å². The molecule has 1 heterocycles. The third kappa shape index (κ3) is 3.07. The molecule has 0 fully saturated rings. The van der Waals surface area contributed by atoms with Crippen molar-refractivity contribution in [1.82, 2.24) is 4.98 Å². The highest BCUT2D eigenvalue weighted by atomic mass is 19.1. The minimum Gasteiger partial charge on any atom is -0.294 e. The SMILES string of the molecule is O=C(CC(=O)c1ccc(F)cc1F)c1cccnc1. The van der Waals surface area contributed by atoms with E-state index in [4.69, 9.17) is 0 Å². The third-order valence-corrected chi connectivity index (χ3v) is 2.54. The zero-order valence-corrected chi connectivity index (χ0v) is 9.77. The van der Waals surface area contributed by atoms with Crippen LogP contribution in [0.3, 0.4) is 0 Å². The maximum atomic E-state index is 13.4. The molecule has 1 aromatic carbocycles. The summed E-state index contributed by atoms with van der Waals surface area (Å²) in [4.78, 5) is 27.3. The Morgan fingerprint density at radius 2 is 1.89 bits per heavy atom. The highest BCUT2D eigenvalue weighted by molar-refractivity contribution is 6.13. The maximum Gasteiger partial charge on any atom is 0.173 e. The van der Waals surface area contributed by atoms with Crippen molar-refractivity contribution in [3.8, 4) is 0 Å². The Morgan fingerprint density at radius 1 is 1.11 bits per heavy atom. The molecule has 0 amide bonds. The molecule has 0 unspecified atom stereocenters. The number of carbonyl (C=O) groups is 2. The quantitative estimate of drug-likeness (QED) is 0.628. The summed E-state index contributed by atoms with van der Waals surface area (Å²) in [5, 5.41) is 0. The molecule has 5 heteroatoms. The number of ketones is 2. The first-order chi connectivity index (χ1) is 9.08. The minimum absolute atomic E-state index is 0.276. The first-order valence-corrected chi connectivity index (χ1v) is 5.49. The van der Waals surface area contributed by atoms with Gasteiger partial charge in [0.2, 0.25) is 0 Å². The van der Waals surface area contributed by atoms with E-state index < -0.39 is 29.6 Å². The van der Waals surface area contributed by atoms with Crippen LogP contribution in [0.4, 0.5) is 8.78 Å². The van der Waals surface area contributed by atoms with Crippen molar-refractivity contribution < 1.29 is 18.4 Å². The zero-order chi connectivity index (χ0) is 13.8. The van der Waals surface area contributed by atoms with Gasteiger partial charge >= 0.3 is 0 Å². The Balaban J connectivity index is 2.15. The molecule has 0 saturated heterocycles. The molecule has 19 heavy (non-hydrogen) atoms. The van der Waals surface area contributed by atoms with Crippen LogP contribution in [0, 0.1) is 11.6 Å². The van der Waals surface area contributed by atoms with Crippen molar-refractivity contribution in [2.45, 2.75) is 6.42 Å². The number of nitrogens with zero attached hydrogens (tertiary/aromatic N) is 1. The summed E-state index contributed by atoms with van der Waals surface area (Å²) >= 11 is 0. The highest BCUT2D eigenvalue weighted by Crippen LogP contribution is 2.13. The monoisotopic (exact) mass is 261 g/mol. The van der Waals surface area contributed by atoms with Crippen molar-refractivity contribution in [3.05, 3.63) is 65.5 Å². The van der Waals surface area contributed by atoms with E-state index in [0.717, 1.165) is 12.1 Å². The molecular formula is C14H9F2NO2. The number of carbonyl (C=O) groups excluding carboxylic acids is 2. The number of hydrogen-bond donors (Lipinski definition) is 0. The molecule has 0 bridgehead atoms. The molecule has 96 valence electrons. The summed E-state index contributed by atoms with van der Waals surface area (Å²) in [5.41, 5.74) is -0.0167. The number of rotatable bonds is 4. The molecule has 2 aromatic rings. The predicted octanol–water partition coefficient (Wildman–Crippen LogP) is 2.82. The number of halogens is 2. The van der Waals surface area contributed by atoms with E-state index in [1.165, 1.54) is 18.5 Å². The van der Waals surface area contributed by atoms with Gasteiger partial charge in [-0.15, -0.1) is 0 Å². The Kier molecular flexibility index (Phi) is 3.75. The number of Topliss-reactive ketones (excluding diaryl/α,β-unsaturated/α-hetero) is 2. The van der Waals surface area contributed by atoms with Crippen LogP contribution in [-0.2, 0) is 0 Å². The van der Waals surface area contributed by atoms with Gasteiger partial charge in [-0.05, 0) is 24.3 Å². The average Bonchev–Trinajstić information content (AvgIpc) is 2.39. The molecule has 0 aliphatic carbocycles. The van der Waals surface area contributed by atoms with Gasteiger partial charge in [0.25, 0.3) is 0 Å². The van der Waals surface area contributed by atoms with Crippen LogP contribution in [0.2, 0.25) is 0 Å². The molecule has 1 aromatic heterocycles. The fourth-order valence-corrected chi connectivity index (χ4v) is 1.59. The van der Waals surface area contributed by atoms with Crippen LogP contribution >= 0.6 is 0 Å². The number of aromatic nitrogens is 1. The van der Waals surface area contributed by atoms with Gasteiger partial charge in [-0.3, -0.25) is 14.6 Å². The maximum absolute atomic E-state index is 13.4. The van der Waals surface area contributed by atoms with Crippen LogP contribution in [0.1, 0.15) is 27.1 Å².